The number of pyridine rings is 1. The molecule has 3 rings (SSSR count). The molecular formula is C31H42FN5O5. The van der Waals surface area contributed by atoms with E-state index in [0.29, 0.717) is 30.9 Å². The minimum Gasteiger partial charge on any atom is -0.496 e. The van der Waals surface area contributed by atoms with Crippen LogP contribution in [0.3, 0.4) is 0 Å². The maximum atomic E-state index is 13.5. The Morgan fingerprint density at radius 3 is 2.74 bits per heavy atom. The first kappa shape index (κ1) is 32.8. The third kappa shape index (κ3) is 9.13. The van der Waals surface area contributed by atoms with Gasteiger partial charge in [-0.05, 0) is 75.8 Å². The number of alkyl halides is 1. The predicted molar refractivity (Wildman–Crippen MR) is 158 cm³/mol. The standard InChI is InChI=1S/C31H42FN5O5/c1-21(28-23(19-33)8-6-11-27(28)42-3)30(38)36-26(31(39)40)14-17-37(20-25(18-32)41-2)16-5-4-10-24-13-12-22-9-7-15-34-29(22)35-24/h6,8,11-13,21,25-26H,4-5,7,9-10,14-18,20H2,1-3H3,(H,34,35)(H,36,38)(H,39,40). The summed E-state index contributed by atoms with van der Waals surface area (Å²) in [5, 5.41) is 25.4. The van der Waals surface area contributed by atoms with Gasteiger partial charge >= 0.3 is 5.97 Å². The number of aliphatic carboxylic acids is 1. The van der Waals surface area contributed by atoms with Gasteiger partial charge in [-0.3, -0.25) is 4.79 Å². The Morgan fingerprint density at radius 2 is 2.05 bits per heavy atom. The van der Waals surface area contributed by atoms with E-state index in [4.69, 9.17) is 14.5 Å². The SMILES string of the molecule is COc1cccc(C#N)c1C(C)C(=O)NC(CCN(CCCCc1ccc2c(n1)NCCC2)CC(CF)OC)C(=O)O. The van der Waals surface area contributed by atoms with Crippen molar-refractivity contribution in [2.24, 2.45) is 0 Å². The number of carbonyl (C=O) groups is 2. The fourth-order valence-corrected chi connectivity index (χ4v) is 5.18. The highest BCUT2D eigenvalue weighted by Crippen LogP contribution is 2.30. The van der Waals surface area contributed by atoms with Crippen LogP contribution in [0, 0.1) is 11.3 Å². The number of halogens is 1. The molecule has 1 aromatic carbocycles. The number of carboxylic acid groups (broad SMARTS) is 1. The van der Waals surface area contributed by atoms with Crippen LogP contribution in [-0.4, -0.2) is 86.1 Å². The Kier molecular flexibility index (Phi) is 13.0. The van der Waals surface area contributed by atoms with Crippen molar-refractivity contribution in [2.75, 3.05) is 52.4 Å². The Balaban J connectivity index is 1.59. The van der Waals surface area contributed by atoms with Crippen LogP contribution in [0.1, 0.15) is 60.9 Å². The Labute approximate surface area is 247 Å². The molecule has 3 unspecified atom stereocenters. The van der Waals surface area contributed by atoms with Gasteiger partial charge in [0.05, 0.1) is 30.8 Å². The van der Waals surface area contributed by atoms with E-state index in [0.717, 1.165) is 50.2 Å². The number of nitrogens with zero attached hydrogens (tertiary/aromatic N) is 3. The maximum absolute atomic E-state index is 13.5. The zero-order valence-electron chi connectivity index (χ0n) is 24.7. The third-order valence-corrected chi connectivity index (χ3v) is 7.66. The number of aromatic nitrogens is 1. The number of anilines is 1. The molecule has 0 saturated heterocycles. The van der Waals surface area contributed by atoms with Crippen molar-refractivity contribution in [2.45, 2.75) is 63.5 Å². The second-order valence-corrected chi connectivity index (χ2v) is 10.6. The molecule has 10 nitrogen and oxygen atoms in total. The molecule has 3 N–H and O–H groups in total. The summed E-state index contributed by atoms with van der Waals surface area (Å²) in [4.78, 5) is 31.9. The molecule has 0 saturated carbocycles. The van der Waals surface area contributed by atoms with Crippen molar-refractivity contribution in [3.8, 4) is 11.8 Å². The lowest BCUT2D eigenvalue weighted by Gasteiger charge is -2.27. The number of nitriles is 1. The number of hydrogen-bond donors (Lipinski definition) is 3. The Bertz CT molecular complexity index is 1230. The highest BCUT2D eigenvalue weighted by Gasteiger charge is 2.28. The number of aryl methyl sites for hydroxylation is 2. The fraction of sp³-hybridized carbons (Fsp3) is 0.548. The van der Waals surface area contributed by atoms with E-state index in [1.807, 2.05) is 4.90 Å². The lowest BCUT2D eigenvalue weighted by atomic mass is 9.94. The van der Waals surface area contributed by atoms with Gasteiger partial charge in [-0.2, -0.15) is 5.26 Å². The number of amides is 1. The number of carboxylic acids is 1. The number of unbranched alkanes of at least 4 members (excludes halogenated alkanes) is 1. The number of rotatable bonds is 17. The monoisotopic (exact) mass is 583 g/mol. The van der Waals surface area contributed by atoms with Gasteiger partial charge in [0.15, 0.2) is 0 Å². The Hall–Kier alpha value is -3.75. The van der Waals surface area contributed by atoms with E-state index in [1.54, 1.807) is 25.1 Å². The van der Waals surface area contributed by atoms with E-state index in [1.165, 1.54) is 19.8 Å². The molecule has 0 radical (unpaired) electrons. The number of carbonyl (C=O) groups excluding carboxylic acids is 1. The molecule has 0 fully saturated rings. The average Bonchev–Trinajstić information content (AvgIpc) is 3.01. The average molecular weight is 584 g/mol. The first-order valence-electron chi connectivity index (χ1n) is 14.4. The highest BCUT2D eigenvalue weighted by molar-refractivity contribution is 5.89. The van der Waals surface area contributed by atoms with Gasteiger partial charge in [0.25, 0.3) is 0 Å². The van der Waals surface area contributed by atoms with Crippen molar-refractivity contribution in [1.82, 2.24) is 15.2 Å². The smallest absolute Gasteiger partial charge is 0.326 e. The van der Waals surface area contributed by atoms with Crippen molar-refractivity contribution in [3.63, 3.8) is 0 Å². The van der Waals surface area contributed by atoms with Gasteiger partial charge in [-0.15, -0.1) is 0 Å². The number of ether oxygens (including phenoxy) is 2. The minimum absolute atomic E-state index is 0.117. The molecule has 3 atom stereocenters. The summed E-state index contributed by atoms with van der Waals surface area (Å²) in [6.45, 7) is 3.13. The molecule has 228 valence electrons. The largest absolute Gasteiger partial charge is 0.496 e. The molecule has 1 amide bonds. The van der Waals surface area contributed by atoms with Gasteiger partial charge in [0.2, 0.25) is 5.91 Å². The summed E-state index contributed by atoms with van der Waals surface area (Å²) in [5.74, 6) is -1.16. The molecule has 0 bridgehead atoms. The summed E-state index contributed by atoms with van der Waals surface area (Å²) in [6.07, 6.45) is 4.11. The summed E-state index contributed by atoms with van der Waals surface area (Å²) in [7, 11) is 2.90. The highest BCUT2D eigenvalue weighted by atomic mass is 19.1. The van der Waals surface area contributed by atoms with Gasteiger partial charge in [0.1, 0.15) is 24.3 Å². The van der Waals surface area contributed by atoms with Crippen LogP contribution in [0.2, 0.25) is 0 Å². The minimum atomic E-state index is -1.17. The van der Waals surface area contributed by atoms with Gasteiger partial charge < -0.3 is 30.1 Å². The fourth-order valence-electron chi connectivity index (χ4n) is 5.18. The zero-order valence-corrected chi connectivity index (χ0v) is 24.7. The summed E-state index contributed by atoms with van der Waals surface area (Å²) in [5.41, 5.74) is 2.95. The number of hydrogen-bond acceptors (Lipinski definition) is 8. The number of methoxy groups -OCH3 is 2. The van der Waals surface area contributed by atoms with Crippen LogP contribution >= 0.6 is 0 Å². The second-order valence-electron chi connectivity index (χ2n) is 10.6. The van der Waals surface area contributed by atoms with Gasteiger partial charge in [-0.1, -0.05) is 12.1 Å². The lowest BCUT2D eigenvalue weighted by molar-refractivity contribution is -0.142. The normalized spacial score (nSPS) is 14.7. The van der Waals surface area contributed by atoms with Crippen LogP contribution in [-0.2, 0) is 27.2 Å². The van der Waals surface area contributed by atoms with E-state index in [2.05, 4.69) is 28.8 Å². The molecular weight excluding hydrogens is 541 g/mol. The summed E-state index contributed by atoms with van der Waals surface area (Å²) >= 11 is 0. The Morgan fingerprint density at radius 1 is 1.24 bits per heavy atom. The van der Waals surface area contributed by atoms with Gasteiger partial charge in [-0.25, -0.2) is 14.2 Å². The molecule has 0 aliphatic carbocycles. The third-order valence-electron chi connectivity index (χ3n) is 7.66. The summed E-state index contributed by atoms with van der Waals surface area (Å²) < 4.78 is 24.1. The van der Waals surface area contributed by atoms with E-state index in [9.17, 15) is 24.3 Å². The topological polar surface area (TPSA) is 137 Å². The molecule has 1 aromatic heterocycles. The van der Waals surface area contributed by atoms with Crippen LogP contribution < -0.4 is 15.4 Å². The molecule has 1 aliphatic heterocycles. The molecule has 2 heterocycles. The van der Waals surface area contributed by atoms with Crippen LogP contribution in [0.5, 0.6) is 5.75 Å². The predicted octanol–water partition coefficient (Wildman–Crippen LogP) is 3.69. The van der Waals surface area contributed by atoms with E-state index >= 15 is 0 Å². The molecule has 1 aliphatic rings. The first-order valence-corrected chi connectivity index (χ1v) is 14.4. The van der Waals surface area contributed by atoms with Crippen molar-refractivity contribution >= 4 is 17.7 Å². The van der Waals surface area contributed by atoms with Crippen LogP contribution in [0.25, 0.3) is 0 Å². The number of fused-ring (bicyclic) bond motifs is 1. The first-order chi connectivity index (χ1) is 20.3. The lowest BCUT2D eigenvalue weighted by Crippen LogP contribution is -2.45. The van der Waals surface area contributed by atoms with Crippen LogP contribution in [0.4, 0.5) is 10.2 Å². The zero-order chi connectivity index (χ0) is 30.5. The molecule has 2 aromatic rings. The molecule has 0 spiro atoms. The maximum Gasteiger partial charge on any atom is 0.326 e. The van der Waals surface area contributed by atoms with Crippen LogP contribution in [0.15, 0.2) is 30.3 Å². The molecule has 11 heteroatoms. The van der Waals surface area contributed by atoms with Crippen molar-refractivity contribution < 1.29 is 28.6 Å². The molecule has 42 heavy (non-hydrogen) atoms. The van der Waals surface area contributed by atoms with Crippen molar-refractivity contribution in [3.05, 3.63) is 52.7 Å². The van der Waals surface area contributed by atoms with Crippen molar-refractivity contribution in [1.29, 1.82) is 5.26 Å². The summed E-state index contributed by atoms with van der Waals surface area (Å²) in [6, 6.07) is 10.0. The van der Waals surface area contributed by atoms with E-state index < -0.39 is 36.6 Å². The number of benzene rings is 1. The van der Waals surface area contributed by atoms with Gasteiger partial charge in [0, 0.05) is 38.0 Å². The second kappa shape index (κ2) is 16.6. The quantitative estimate of drug-likeness (QED) is 0.238. The van der Waals surface area contributed by atoms with E-state index in [-0.39, 0.29) is 12.0 Å². The number of nitrogens with one attached hydrogen (secondary N) is 2.